The van der Waals surface area contributed by atoms with E-state index in [1.165, 1.54) is 12.8 Å². The number of hydrogen-bond acceptors (Lipinski definition) is 1. The Bertz CT molecular complexity index is 127. The van der Waals surface area contributed by atoms with Crippen LogP contribution in [-0.4, -0.2) is 10.7 Å². The van der Waals surface area contributed by atoms with E-state index >= 15 is 0 Å². The van der Waals surface area contributed by atoms with E-state index in [0.29, 0.717) is 5.92 Å². The molecule has 0 aromatic heterocycles. The zero-order chi connectivity index (χ0) is 10.6. The fourth-order valence-corrected chi connectivity index (χ4v) is 0.763. The first-order chi connectivity index (χ1) is 5.75. The molecule has 1 nitrogen and oxygen atoms in total. The molecular weight excluding hydrogens is 160 g/mol. The number of rotatable bonds is 2. The van der Waals surface area contributed by atoms with Crippen LogP contribution in [0.2, 0.25) is 0 Å². The maximum Gasteiger partial charge on any atom is 0.0614 e. The zero-order valence-corrected chi connectivity index (χ0v) is 10.1. The number of hydrogen-bond donors (Lipinski definition) is 1. The lowest BCUT2D eigenvalue weighted by Crippen LogP contribution is -2.25. The van der Waals surface area contributed by atoms with Gasteiger partial charge >= 0.3 is 0 Å². The first-order valence-corrected chi connectivity index (χ1v) is 5.47. The van der Waals surface area contributed by atoms with E-state index < -0.39 is 5.60 Å². The van der Waals surface area contributed by atoms with Gasteiger partial charge in [-0.2, -0.15) is 0 Å². The van der Waals surface area contributed by atoms with Gasteiger partial charge in [-0.1, -0.05) is 27.7 Å². The summed E-state index contributed by atoms with van der Waals surface area (Å²) in [7, 11) is 0. The van der Waals surface area contributed by atoms with Gasteiger partial charge in [-0.15, -0.1) is 0 Å². The highest BCUT2D eigenvalue weighted by Gasteiger charge is 2.23. The third kappa shape index (κ3) is 7.06. The molecule has 1 N–H and O–H groups in total. The minimum absolute atomic E-state index is 0.354. The van der Waals surface area contributed by atoms with E-state index in [9.17, 15) is 0 Å². The average Bonchev–Trinajstić information content (AvgIpc) is 2.65. The van der Waals surface area contributed by atoms with Crippen molar-refractivity contribution in [2.24, 2.45) is 17.8 Å². The maximum absolute atomic E-state index is 9.09. The molecule has 1 heteroatoms. The van der Waals surface area contributed by atoms with Crippen LogP contribution in [0.25, 0.3) is 0 Å². The van der Waals surface area contributed by atoms with Gasteiger partial charge in [0, 0.05) is 0 Å². The van der Waals surface area contributed by atoms with Crippen LogP contribution in [0.1, 0.15) is 54.4 Å². The van der Waals surface area contributed by atoms with Crippen LogP contribution in [0.15, 0.2) is 0 Å². The fraction of sp³-hybridized carbons (Fsp3) is 1.00. The molecule has 0 amide bonds. The molecule has 0 aromatic rings. The Labute approximate surface area is 83.5 Å². The van der Waals surface area contributed by atoms with Gasteiger partial charge in [0.15, 0.2) is 0 Å². The Balaban J connectivity index is 0.000000223. The smallest absolute Gasteiger partial charge is 0.0614 e. The summed E-state index contributed by atoms with van der Waals surface area (Å²) in [5.74, 6) is 2.42. The first kappa shape index (κ1) is 13.0. The predicted molar refractivity (Wildman–Crippen MR) is 58.7 cm³/mol. The summed E-state index contributed by atoms with van der Waals surface area (Å²) in [4.78, 5) is 0. The summed E-state index contributed by atoms with van der Waals surface area (Å²) >= 11 is 0. The van der Waals surface area contributed by atoms with Crippen LogP contribution < -0.4 is 0 Å². The molecule has 13 heavy (non-hydrogen) atoms. The monoisotopic (exact) mass is 186 g/mol. The van der Waals surface area contributed by atoms with Crippen LogP contribution in [-0.2, 0) is 0 Å². The molecule has 0 unspecified atom stereocenters. The summed E-state index contributed by atoms with van der Waals surface area (Å²) in [6, 6.07) is 0. The van der Waals surface area contributed by atoms with Crippen molar-refractivity contribution in [3.63, 3.8) is 0 Å². The molecule has 0 spiro atoms. The van der Waals surface area contributed by atoms with E-state index in [4.69, 9.17) is 5.11 Å². The summed E-state index contributed by atoms with van der Waals surface area (Å²) < 4.78 is 0. The van der Waals surface area contributed by atoms with Crippen molar-refractivity contribution in [3.05, 3.63) is 0 Å². The normalized spacial score (nSPS) is 17.3. The van der Waals surface area contributed by atoms with E-state index in [2.05, 4.69) is 13.8 Å². The van der Waals surface area contributed by atoms with Gasteiger partial charge in [-0.05, 0) is 44.4 Å². The lowest BCUT2D eigenvalue weighted by Gasteiger charge is -2.21. The molecule has 80 valence electrons. The average molecular weight is 186 g/mol. The predicted octanol–water partition coefficient (Wildman–Crippen LogP) is 3.47. The van der Waals surface area contributed by atoms with Gasteiger partial charge in [0.2, 0.25) is 0 Å². The minimum atomic E-state index is -0.500. The fourth-order valence-electron chi connectivity index (χ4n) is 0.763. The molecule has 1 rings (SSSR count). The van der Waals surface area contributed by atoms with Crippen molar-refractivity contribution in [2.75, 3.05) is 0 Å². The third-order valence-electron chi connectivity index (χ3n) is 2.98. The summed E-state index contributed by atoms with van der Waals surface area (Å²) in [6.07, 6.45) is 3.00. The lowest BCUT2D eigenvalue weighted by molar-refractivity contribution is 0.0327. The Hall–Kier alpha value is -0.0400. The molecule has 0 aromatic carbocycles. The highest BCUT2D eigenvalue weighted by Crippen LogP contribution is 2.35. The van der Waals surface area contributed by atoms with Crippen LogP contribution in [0.5, 0.6) is 0 Å². The van der Waals surface area contributed by atoms with Crippen LogP contribution in [0, 0.1) is 17.8 Å². The molecule has 0 heterocycles. The van der Waals surface area contributed by atoms with Gasteiger partial charge in [-0.3, -0.25) is 0 Å². The molecule has 0 saturated heterocycles. The standard InChI is InChI=1S/C6H14O.C6H12/c1-5(2)6(3,4)7;1-5(2)6-3-4-6/h5,7H,1-4H3;5-6H,3-4H2,1-2H3. The van der Waals surface area contributed by atoms with Crippen LogP contribution >= 0.6 is 0 Å². The zero-order valence-electron chi connectivity index (χ0n) is 10.1. The Morgan fingerprint density at radius 2 is 1.38 bits per heavy atom. The van der Waals surface area contributed by atoms with Crippen molar-refractivity contribution in [1.29, 1.82) is 0 Å². The van der Waals surface area contributed by atoms with Crippen molar-refractivity contribution in [1.82, 2.24) is 0 Å². The second-order valence-electron chi connectivity index (χ2n) is 5.39. The van der Waals surface area contributed by atoms with Crippen molar-refractivity contribution in [2.45, 2.75) is 60.0 Å². The molecule has 0 bridgehead atoms. The molecule has 1 fully saturated rings. The summed E-state index contributed by atoms with van der Waals surface area (Å²) in [5.41, 5.74) is -0.500. The molecule has 0 radical (unpaired) electrons. The minimum Gasteiger partial charge on any atom is -0.390 e. The van der Waals surface area contributed by atoms with Gasteiger partial charge in [-0.25, -0.2) is 0 Å². The quantitative estimate of drug-likeness (QED) is 0.700. The van der Waals surface area contributed by atoms with E-state index in [0.717, 1.165) is 11.8 Å². The Kier molecular flexibility index (Phi) is 4.98. The lowest BCUT2D eigenvalue weighted by atomic mass is 9.95. The van der Waals surface area contributed by atoms with E-state index in [1.54, 1.807) is 0 Å². The molecule has 1 aliphatic rings. The highest BCUT2D eigenvalue weighted by molar-refractivity contribution is 4.75. The Morgan fingerprint density at radius 1 is 1.08 bits per heavy atom. The van der Waals surface area contributed by atoms with Gasteiger partial charge < -0.3 is 5.11 Å². The van der Waals surface area contributed by atoms with E-state index in [1.807, 2.05) is 27.7 Å². The van der Waals surface area contributed by atoms with Gasteiger partial charge in [0.05, 0.1) is 5.60 Å². The second-order valence-corrected chi connectivity index (χ2v) is 5.39. The van der Waals surface area contributed by atoms with Crippen LogP contribution in [0.4, 0.5) is 0 Å². The van der Waals surface area contributed by atoms with Crippen LogP contribution in [0.3, 0.4) is 0 Å². The maximum atomic E-state index is 9.09. The first-order valence-electron chi connectivity index (χ1n) is 5.47. The van der Waals surface area contributed by atoms with Gasteiger partial charge in [0.1, 0.15) is 0 Å². The summed E-state index contributed by atoms with van der Waals surface area (Å²) in [5, 5.41) is 9.09. The van der Waals surface area contributed by atoms with E-state index in [-0.39, 0.29) is 0 Å². The SMILES string of the molecule is CC(C)C(C)(C)O.CC(C)C1CC1. The second kappa shape index (κ2) is 4.99. The van der Waals surface area contributed by atoms with Crippen molar-refractivity contribution >= 4 is 0 Å². The molecule has 1 aliphatic carbocycles. The molecule has 0 aliphatic heterocycles. The molecule has 0 atom stereocenters. The largest absolute Gasteiger partial charge is 0.390 e. The third-order valence-corrected chi connectivity index (χ3v) is 2.98. The molecule has 1 saturated carbocycles. The van der Waals surface area contributed by atoms with Crippen molar-refractivity contribution in [3.8, 4) is 0 Å². The summed E-state index contributed by atoms with van der Waals surface area (Å²) in [6.45, 7) is 12.2. The number of aliphatic hydroxyl groups is 1. The molecular formula is C12H26O. The van der Waals surface area contributed by atoms with Crippen molar-refractivity contribution < 1.29 is 5.11 Å². The van der Waals surface area contributed by atoms with Gasteiger partial charge in [0.25, 0.3) is 0 Å². The topological polar surface area (TPSA) is 20.2 Å². The highest BCUT2D eigenvalue weighted by atomic mass is 16.3. The Morgan fingerprint density at radius 3 is 1.38 bits per heavy atom.